The molecule has 8 heteroatoms. The molecule has 1 aliphatic heterocycles. The van der Waals surface area contributed by atoms with Crippen LogP contribution >= 0.6 is 0 Å². The number of nitrogens with one attached hydrogen (secondary N) is 1. The molecule has 2 fully saturated rings. The number of anilines is 1. The van der Waals surface area contributed by atoms with Gasteiger partial charge in [-0.15, -0.1) is 0 Å². The van der Waals surface area contributed by atoms with Gasteiger partial charge in [0.2, 0.25) is 10.0 Å². The second-order valence-corrected chi connectivity index (χ2v) is 8.05. The second kappa shape index (κ2) is 5.85. The minimum Gasteiger partial charge on any atom is -0.377 e. The quantitative estimate of drug-likeness (QED) is 0.660. The van der Waals surface area contributed by atoms with Crippen LogP contribution in [0.3, 0.4) is 0 Å². The average molecular weight is 325 g/mol. The van der Waals surface area contributed by atoms with Crippen molar-refractivity contribution in [1.29, 1.82) is 0 Å². The maximum Gasteiger partial charge on any atom is 0.292 e. The summed E-state index contributed by atoms with van der Waals surface area (Å²) in [7, 11) is -3.11. The van der Waals surface area contributed by atoms with Crippen molar-refractivity contribution in [3.05, 3.63) is 34.4 Å². The highest BCUT2D eigenvalue weighted by atomic mass is 32.2. The summed E-state index contributed by atoms with van der Waals surface area (Å²) in [5.41, 5.74) is 0.548. The standard InChI is InChI=1S/C14H19N3O4S/c18-17(19)14-4-2-1-3-13(14)15-11-7-9-16(10-8-11)22(20,21)12-5-6-12/h1-4,11-12,15H,5-10H2. The van der Waals surface area contributed by atoms with Gasteiger partial charge in [0, 0.05) is 25.2 Å². The summed E-state index contributed by atoms with van der Waals surface area (Å²) in [6.45, 7) is 0.967. The molecule has 0 unspecified atom stereocenters. The van der Waals surface area contributed by atoms with E-state index in [0.717, 1.165) is 12.8 Å². The van der Waals surface area contributed by atoms with Crippen molar-refractivity contribution in [3.63, 3.8) is 0 Å². The van der Waals surface area contributed by atoms with Crippen LogP contribution in [0.2, 0.25) is 0 Å². The summed E-state index contributed by atoms with van der Waals surface area (Å²) >= 11 is 0. The zero-order valence-electron chi connectivity index (χ0n) is 12.1. The van der Waals surface area contributed by atoms with Crippen molar-refractivity contribution in [2.75, 3.05) is 18.4 Å². The van der Waals surface area contributed by atoms with Crippen LogP contribution in [0, 0.1) is 10.1 Å². The maximum absolute atomic E-state index is 12.2. The van der Waals surface area contributed by atoms with Crippen LogP contribution in [-0.2, 0) is 10.0 Å². The molecule has 0 atom stereocenters. The molecule has 0 aromatic heterocycles. The zero-order chi connectivity index (χ0) is 15.7. The van der Waals surface area contributed by atoms with Gasteiger partial charge in [0.1, 0.15) is 5.69 Å². The van der Waals surface area contributed by atoms with Gasteiger partial charge in [-0.05, 0) is 31.7 Å². The lowest BCUT2D eigenvalue weighted by molar-refractivity contribution is -0.384. The summed E-state index contributed by atoms with van der Waals surface area (Å²) < 4.78 is 25.9. The van der Waals surface area contributed by atoms with Crippen molar-refractivity contribution in [1.82, 2.24) is 4.31 Å². The highest BCUT2D eigenvalue weighted by Crippen LogP contribution is 2.33. The summed E-state index contributed by atoms with van der Waals surface area (Å²) in [5.74, 6) is 0. The van der Waals surface area contributed by atoms with E-state index in [4.69, 9.17) is 0 Å². The number of nitro groups is 1. The predicted molar refractivity (Wildman–Crippen MR) is 83.3 cm³/mol. The normalized spacial score (nSPS) is 20.7. The van der Waals surface area contributed by atoms with E-state index in [9.17, 15) is 18.5 Å². The SMILES string of the molecule is O=[N+]([O-])c1ccccc1NC1CCN(S(=O)(=O)C2CC2)CC1. The lowest BCUT2D eigenvalue weighted by Gasteiger charge is -2.32. The smallest absolute Gasteiger partial charge is 0.292 e. The molecule has 1 saturated heterocycles. The topological polar surface area (TPSA) is 92.6 Å². The molecule has 1 heterocycles. The van der Waals surface area contributed by atoms with Gasteiger partial charge in [-0.25, -0.2) is 12.7 Å². The van der Waals surface area contributed by atoms with Crippen LogP contribution in [0.15, 0.2) is 24.3 Å². The molecule has 0 amide bonds. The van der Waals surface area contributed by atoms with Gasteiger partial charge >= 0.3 is 0 Å². The van der Waals surface area contributed by atoms with Gasteiger partial charge < -0.3 is 5.32 Å². The Labute approximate surface area is 129 Å². The van der Waals surface area contributed by atoms with Gasteiger partial charge in [0.05, 0.1) is 10.2 Å². The Morgan fingerprint density at radius 1 is 1.14 bits per heavy atom. The van der Waals surface area contributed by atoms with Crippen LogP contribution in [0.1, 0.15) is 25.7 Å². The summed E-state index contributed by atoms with van der Waals surface area (Å²) in [4.78, 5) is 10.6. The molecule has 120 valence electrons. The molecule has 7 nitrogen and oxygen atoms in total. The second-order valence-electron chi connectivity index (χ2n) is 5.84. The lowest BCUT2D eigenvalue weighted by Crippen LogP contribution is -2.43. The van der Waals surface area contributed by atoms with Crippen LogP contribution in [-0.4, -0.2) is 42.0 Å². The highest BCUT2D eigenvalue weighted by molar-refractivity contribution is 7.90. The van der Waals surface area contributed by atoms with Crippen LogP contribution < -0.4 is 5.32 Å². The first-order chi connectivity index (χ1) is 10.5. The van der Waals surface area contributed by atoms with Crippen molar-refractivity contribution in [3.8, 4) is 0 Å². The minimum absolute atomic E-state index is 0.0514. The third-order valence-electron chi connectivity index (χ3n) is 4.22. The summed E-state index contributed by atoms with van der Waals surface area (Å²) in [6, 6.07) is 6.60. The Hall–Kier alpha value is -1.67. The van der Waals surface area contributed by atoms with Crippen molar-refractivity contribution < 1.29 is 13.3 Å². The molecule has 0 spiro atoms. The first kappa shape index (κ1) is 15.2. The maximum atomic E-state index is 12.2. The van der Waals surface area contributed by atoms with Crippen LogP contribution in [0.4, 0.5) is 11.4 Å². The fourth-order valence-corrected chi connectivity index (χ4v) is 4.68. The average Bonchev–Trinajstić information content (AvgIpc) is 3.33. The van der Waals surface area contributed by atoms with E-state index in [1.807, 2.05) is 0 Å². The van der Waals surface area contributed by atoms with Crippen molar-refractivity contribution >= 4 is 21.4 Å². The van der Waals surface area contributed by atoms with Gasteiger partial charge in [-0.1, -0.05) is 12.1 Å². The lowest BCUT2D eigenvalue weighted by atomic mass is 10.1. The van der Waals surface area contributed by atoms with E-state index in [2.05, 4.69) is 5.32 Å². The van der Waals surface area contributed by atoms with Crippen LogP contribution in [0.25, 0.3) is 0 Å². The fraction of sp³-hybridized carbons (Fsp3) is 0.571. The molecule has 3 rings (SSSR count). The molecule has 22 heavy (non-hydrogen) atoms. The van der Waals surface area contributed by atoms with Crippen molar-refractivity contribution in [2.24, 2.45) is 0 Å². The first-order valence-corrected chi connectivity index (χ1v) is 8.98. The Balaban J connectivity index is 1.62. The Morgan fingerprint density at radius 3 is 2.36 bits per heavy atom. The molecular formula is C14H19N3O4S. The van der Waals surface area contributed by atoms with Gasteiger partial charge in [-0.2, -0.15) is 0 Å². The predicted octanol–water partition coefficient (Wildman–Crippen LogP) is 1.96. The molecule has 2 aliphatic rings. The number of piperidine rings is 1. The highest BCUT2D eigenvalue weighted by Gasteiger charge is 2.41. The molecule has 1 aromatic carbocycles. The molecule has 0 radical (unpaired) electrons. The molecule has 1 N–H and O–H groups in total. The number of benzene rings is 1. The van der Waals surface area contributed by atoms with Crippen molar-refractivity contribution in [2.45, 2.75) is 37.0 Å². The van der Waals surface area contributed by atoms with Crippen LogP contribution in [0.5, 0.6) is 0 Å². The Bertz CT molecular complexity index is 664. The molecule has 0 bridgehead atoms. The third-order valence-corrected chi connectivity index (χ3v) is 6.62. The zero-order valence-corrected chi connectivity index (χ0v) is 13.0. The molecular weight excluding hydrogens is 306 g/mol. The number of sulfonamides is 1. The molecule has 1 aromatic rings. The van der Waals surface area contributed by atoms with E-state index in [1.165, 1.54) is 6.07 Å². The van der Waals surface area contributed by atoms with Gasteiger partial charge in [0.15, 0.2) is 0 Å². The third kappa shape index (κ3) is 3.07. The summed E-state index contributed by atoms with van der Waals surface area (Å²) in [6.07, 6.45) is 2.88. The number of nitrogens with zero attached hydrogens (tertiary/aromatic N) is 2. The number of hydrogen-bond donors (Lipinski definition) is 1. The largest absolute Gasteiger partial charge is 0.377 e. The van der Waals surface area contributed by atoms with E-state index in [-0.39, 0.29) is 17.0 Å². The Morgan fingerprint density at radius 2 is 1.77 bits per heavy atom. The minimum atomic E-state index is -3.11. The van der Waals surface area contributed by atoms with E-state index in [0.29, 0.717) is 31.6 Å². The number of para-hydroxylation sites is 2. The molecule has 1 aliphatic carbocycles. The first-order valence-electron chi connectivity index (χ1n) is 7.47. The monoisotopic (exact) mass is 325 g/mol. The van der Waals surface area contributed by atoms with E-state index in [1.54, 1.807) is 22.5 Å². The Kier molecular flexibility index (Phi) is 4.05. The molecule has 1 saturated carbocycles. The number of hydrogen-bond acceptors (Lipinski definition) is 5. The van der Waals surface area contributed by atoms with Gasteiger partial charge in [0.25, 0.3) is 5.69 Å². The van der Waals surface area contributed by atoms with E-state index >= 15 is 0 Å². The van der Waals surface area contributed by atoms with Gasteiger partial charge in [-0.3, -0.25) is 10.1 Å². The number of rotatable bonds is 5. The van der Waals surface area contributed by atoms with E-state index < -0.39 is 14.9 Å². The fourth-order valence-electron chi connectivity index (χ4n) is 2.81. The summed E-state index contributed by atoms with van der Waals surface area (Å²) in [5, 5.41) is 14.0. The number of nitro benzene ring substituents is 1.